The Balaban J connectivity index is 2.03. The zero-order chi connectivity index (χ0) is 20.1. The van der Waals surface area contributed by atoms with Gasteiger partial charge in [0.2, 0.25) is 0 Å². The topological polar surface area (TPSA) is 142 Å². The van der Waals surface area contributed by atoms with Crippen LogP contribution in [-0.2, 0) is 14.3 Å². The van der Waals surface area contributed by atoms with Gasteiger partial charge in [-0.3, -0.25) is 28.8 Å². The molecule has 1 fully saturated rings. The molecule has 0 aromatic carbocycles. The Bertz CT molecular complexity index is 937. The van der Waals surface area contributed by atoms with Crippen molar-refractivity contribution in [2.75, 3.05) is 6.61 Å². The molecule has 1 saturated heterocycles. The molecular formula is C17H21N3O7. The third kappa shape index (κ3) is 3.27. The lowest BCUT2D eigenvalue weighted by atomic mass is 10.1. The molecule has 3 unspecified atom stereocenters. The second kappa shape index (κ2) is 6.55. The van der Waals surface area contributed by atoms with Crippen LogP contribution in [-0.4, -0.2) is 60.8 Å². The number of amides is 2. The van der Waals surface area contributed by atoms with Crippen molar-refractivity contribution >= 4 is 17.4 Å². The van der Waals surface area contributed by atoms with Gasteiger partial charge in [0, 0.05) is 24.2 Å². The molecule has 146 valence electrons. The van der Waals surface area contributed by atoms with Crippen LogP contribution in [0.5, 0.6) is 0 Å². The normalized spacial score (nSPS) is 26.0. The predicted octanol–water partition coefficient (Wildman–Crippen LogP) is -1.27. The quantitative estimate of drug-likeness (QED) is 0.556. The minimum Gasteiger partial charge on any atom is -0.394 e. The Morgan fingerprint density at radius 1 is 1.26 bits per heavy atom. The zero-order valence-electron chi connectivity index (χ0n) is 15.1. The van der Waals surface area contributed by atoms with Gasteiger partial charge in [-0.15, -0.1) is 0 Å². The van der Waals surface area contributed by atoms with Crippen molar-refractivity contribution in [2.45, 2.75) is 51.2 Å². The van der Waals surface area contributed by atoms with Gasteiger partial charge in [-0.1, -0.05) is 0 Å². The Kier molecular flexibility index (Phi) is 4.66. The summed E-state index contributed by atoms with van der Waals surface area (Å²) in [7, 11) is 0. The van der Waals surface area contributed by atoms with Gasteiger partial charge in [0.15, 0.2) is 0 Å². The maximum absolute atomic E-state index is 12.7. The number of hydrogen-bond acceptors (Lipinski definition) is 7. The second-order valence-corrected chi connectivity index (χ2v) is 7.53. The van der Waals surface area contributed by atoms with Gasteiger partial charge in [-0.2, -0.15) is 0 Å². The predicted molar refractivity (Wildman–Crippen MR) is 92.5 cm³/mol. The molecule has 3 heterocycles. The lowest BCUT2D eigenvalue weighted by Crippen LogP contribution is -2.46. The summed E-state index contributed by atoms with van der Waals surface area (Å²) >= 11 is 0. The molecule has 3 atom stereocenters. The number of aromatic amines is 1. The summed E-state index contributed by atoms with van der Waals surface area (Å²) in [4.78, 5) is 52.5. The number of nitrogens with one attached hydrogen (secondary N) is 1. The van der Waals surface area contributed by atoms with Crippen LogP contribution < -0.4 is 11.2 Å². The number of rotatable bonds is 3. The molecule has 0 aliphatic carbocycles. The number of aliphatic hydroxyl groups is 2. The third-order valence-corrected chi connectivity index (χ3v) is 4.54. The van der Waals surface area contributed by atoms with Crippen molar-refractivity contribution in [3.63, 3.8) is 0 Å². The first-order chi connectivity index (χ1) is 12.5. The van der Waals surface area contributed by atoms with E-state index in [1.807, 2.05) is 0 Å². The number of nitrogens with zero attached hydrogens (tertiary/aromatic N) is 2. The van der Waals surface area contributed by atoms with Gasteiger partial charge in [-0.25, -0.2) is 4.79 Å². The first-order valence-electron chi connectivity index (χ1n) is 8.45. The van der Waals surface area contributed by atoms with Gasteiger partial charge in [-0.05, 0) is 20.8 Å². The largest absolute Gasteiger partial charge is 0.394 e. The van der Waals surface area contributed by atoms with Crippen LogP contribution in [0.25, 0.3) is 5.57 Å². The van der Waals surface area contributed by atoms with E-state index in [9.17, 15) is 29.4 Å². The van der Waals surface area contributed by atoms with Crippen molar-refractivity contribution in [2.24, 2.45) is 0 Å². The summed E-state index contributed by atoms with van der Waals surface area (Å²) in [5, 5.41) is 19.0. The maximum Gasteiger partial charge on any atom is 0.330 e. The molecule has 3 N–H and O–H groups in total. The van der Waals surface area contributed by atoms with E-state index in [-0.39, 0.29) is 17.6 Å². The lowest BCUT2D eigenvalue weighted by Gasteiger charge is -2.30. The van der Waals surface area contributed by atoms with E-state index in [1.165, 1.54) is 0 Å². The standard InChI is InChI=1S/C17H21N3O7/c1-17(2,3)20-12(23)4-8(15(20)25)9-6-19(16(26)18-14(9)24)13-5-10(22)11(7-21)27-13/h4,6,10-11,13,21-22H,5,7H2,1-3H3,(H,18,24,26). The number of aromatic nitrogens is 2. The fourth-order valence-corrected chi connectivity index (χ4v) is 3.24. The van der Waals surface area contributed by atoms with Crippen molar-refractivity contribution in [3.05, 3.63) is 38.7 Å². The van der Waals surface area contributed by atoms with Crippen LogP contribution in [0.3, 0.4) is 0 Å². The first-order valence-corrected chi connectivity index (χ1v) is 8.45. The Hall–Kier alpha value is -2.56. The van der Waals surface area contributed by atoms with Crippen LogP contribution in [0.15, 0.2) is 21.9 Å². The summed E-state index contributed by atoms with van der Waals surface area (Å²) in [5.74, 6) is -1.18. The van der Waals surface area contributed by atoms with E-state index < -0.39 is 53.6 Å². The van der Waals surface area contributed by atoms with Gasteiger partial charge >= 0.3 is 5.69 Å². The molecule has 0 radical (unpaired) electrons. The van der Waals surface area contributed by atoms with Crippen molar-refractivity contribution in [1.29, 1.82) is 0 Å². The fourth-order valence-electron chi connectivity index (χ4n) is 3.24. The first kappa shape index (κ1) is 19.2. The molecular weight excluding hydrogens is 358 g/mol. The van der Waals surface area contributed by atoms with E-state index in [0.717, 1.165) is 21.7 Å². The summed E-state index contributed by atoms with van der Waals surface area (Å²) in [5.41, 5.74) is -2.64. The number of aliphatic hydroxyl groups excluding tert-OH is 2. The molecule has 10 heteroatoms. The number of carbonyl (C=O) groups is 2. The highest BCUT2D eigenvalue weighted by Gasteiger charge is 2.40. The minimum absolute atomic E-state index is 0.0245. The van der Waals surface area contributed by atoms with Gasteiger partial charge in [0.1, 0.15) is 12.3 Å². The smallest absolute Gasteiger partial charge is 0.330 e. The molecule has 0 spiro atoms. The molecule has 10 nitrogen and oxygen atoms in total. The van der Waals surface area contributed by atoms with E-state index in [0.29, 0.717) is 0 Å². The maximum atomic E-state index is 12.7. The van der Waals surface area contributed by atoms with Crippen molar-refractivity contribution in [1.82, 2.24) is 14.5 Å². The van der Waals surface area contributed by atoms with Crippen LogP contribution >= 0.6 is 0 Å². The Morgan fingerprint density at radius 3 is 2.44 bits per heavy atom. The highest BCUT2D eigenvalue weighted by atomic mass is 16.5. The van der Waals surface area contributed by atoms with E-state index in [2.05, 4.69) is 4.98 Å². The number of hydrogen-bond donors (Lipinski definition) is 3. The third-order valence-electron chi connectivity index (χ3n) is 4.54. The number of ether oxygens (including phenoxy) is 1. The van der Waals surface area contributed by atoms with Crippen LogP contribution in [0.2, 0.25) is 0 Å². The average Bonchev–Trinajstić information content (AvgIpc) is 3.06. The molecule has 2 aliphatic heterocycles. The molecule has 2 amide bonds. The molecule has 2 aliphatic rings. The van der Waals surface area contributed by atoms with Gasteiger partial charge in [0.25, 0.3) is 17.4 Å². The summed E-state index contributed by atoms with van der Waals surface area (Å²) in [6, 6.07) is 0. The Labute approximate surface area is 153 Å². The van der Waals surface area contributed by atoms with Crippen molar-refractivity contribution < 1.29 is 24.5 Å². The Morgan fingerprint density at radius 2 is 1.93 bits per heavy atom. The molecule has 0 saturated carbocycles. The lowest BCUT2D eigenvalue weighted by molar-refractivity contribution is -0.141. The fraction of sp³-hybridized carbons (Fsp3) is 0.529. The summed E-state index contributed by atoms with van der Waals surface area (Å²) < 4.78 is 6.47. The highest BCUT2D eigenvalue weighted by molar-refractivity contribution is 6.33. The van der Waals surface area contributed by atoms with Gasteiger partial charge < -0.3 is 14.9 Å². The van der Waals surface area contributed by atoms with E-state index in [1.54, 1.807) is 20.8 Å². The van der Waals surface area contributed by atoms with Crippen LogP contribution in [0.4, 0.5) is 0 Å². The highest BCUT2D eigenvalue weighted by Crippen LogP contribution is 2.30. The minimum atomic E-state index is -0.979. The van der Waals surface area contributed by atoms with Crippen LogP contribution in [0, 0.1) is 0 Å². The average molecular weight is 379 g/mol. The van der Waals surface area contributed by atoms with E-state index >= 15 is 0 Å². The van der Waals surface area contributed by atoms with Gasteiger partial charge in [0.05, 0.1) is 23.8 Å². The number of H-pyrrole nitrogens is 1. The number of imide groups is 1. The summed E-state index contributed by atoms with van der Waals surface area (Å²) in [6.45, 7) is 4.63. The monoisotopic (exact) mass is 379 g/mol. The molecule has 27 heavy (non-hydrogen) atoms. The zero-order valence-corrected chi connectivity index (χ0v) is 15.1. The second-order valence-electron chi connectivity index (χ2n) is 7.53. The number of carbonyl (C=O) groups excluding carboxylic acids is 2. The van der Waals surface area contributed by atoms with Crippen molar-refractivity contribution in [3.8, 4) is 0 Å². The molecule has 0 bridgehead atoms. The SMILES string of the molecule is CC(C)(C)N1C(=O)C=C(c2cn(C3CC(O)C(CO)O3)c(=O)[nH]c2=O)C1=O. The summed E-state index contributed by atoms with van der Waals surface area (Å²) in [6.07, 6.45) is -0.534. The molecule has 3 rings (SSSR count). The molecule has 1 aromatic rings. The van der Waals surface area contributed by atoms with E-state index in [4.69, 9.17) is 4.74 Å². The van der Waals surface area contributed by atoms with Crippen LogP contribution in [0.1, 0.15) is 39.0 Å². The molecule has 1 aromatic heterocycles.